The number of para-hydroxylation sites is 1. The highest BCUT2D eigenvalue weighted by Gasteiger charge is 2.23. The van der Waals surface area contributed by atoms with Gasteiger partial charge in [0, 0.05) is 17.8 Å². The highest BCUT2D eigenvalue weighted by Crippen LogP contribution is 2.38. The van der Waals surface area contributed by atoms with E-state index in [0.717, 1.165) is 24.1 Å². The minimum absolute atomic E-state index is 0.216. The minimum atomic E-state index is -0.718. The Morgan fingerprint density at radius 1 is 1.00 bits per heavy atom. The Bertz CT molecular complexity index is 981. The highest BCUT2D eigenvalue weighted by atomic mass is 16.5. The average molecular weight is 442 g/mol. The van der Waals surface area contributed by atoms with Gasteiger partial charge in [-0.2, -0.15) is 0 Å². The van der Waals surface area contributed by atoms with Crippen molar-refractivity contribution in [1.82, 2.24) is 5.32 Å². The summed E-state index contributed by atoms with van der Waals surface area (Å²) in [4.78, 5) is 38.7. The molecule has 1 heterocycles. The summed E-state index contributed by atoms with van der Waals surface area (Å²) in [6.45, 7) is -0.210. The Labute approximate surface area is 186 Å². The van der Waals surface area contributed by atoms with Crippen LogP contribution < -0.4 is 24.4 Å². The maximum Gasteiger partial charge on any atom is 0.325 e. The molecule has 2 aromatic rings. The summed E-state index contributed by atoms with van der Waals surface area (Å²) < 4.78 is 20.7. The smallest absolute Gasteiger partial charge is 0.325 e. The summed E-state index contributed by atoms with van der Waals surface area (Å²) in [7, 11) is 4.34. The Morgan fingerprint density at radius 3 is 2.34 bits per heavy atom. The third-order valence-electron chi connectivity index (χ3n) is 5.09. The fourth-order valence-electron chi connectivity index (χ4n) is 3.53. The van der Waals surface area contributed by atoms with Gasteiger partial charge in [-0.1, -0.05) is 18.2 Å². The van der Waals surface area contributed by atoms with Crippen LogP contribution in [0.5, 0.6) is 17.2 Å². The number of carbonyl (C=O) groups is 3. The van der Waals surface area contributed by atoms with Gasteiger partial charge in [0.25, 0.3) is 11.8 Å². The van der Waals surface area contributed by atoms with Crippen LogP contribution in [-0.4, -0.2) is 58.8 Å². The van der Waals surface area contributed by atoms with E-state index in [1.807, 2.05) is 24.3 Å². The standard InChI is InChI=1S/C23H26N2O7/c1-29-18-11-16(12-19(30-2)22(18)31-3)23(28)24-13-21(27)32-14-20(26)25-10-6-8-15-7-4-5-9-17(15)25/h4-5,7,9,11-12H,6,8,10,13-14H2,1-3H3,(H,24,28). The van der Waals surface area contributed by atoms with Crippen LogP contribution in [0.4, 0.5) is 5.69 Å². The number of hydrogen-bond donors (Lipinski definition) is 1. The monoisotopic (exact) mass is 442 g/mol. The van der Waals surface area contributed by atoms with Crippen LogP contribution in [0.25, 0.3) is 0 Å². The number of fused-ring (bicyclic) bond motifs is 1. The van der Waals surface area contributed by atoms with E-state index in [1.165, 1.54) is 33.5 Å². The number of nitrogens with zero attached hydrogens (tertiary/aromatic N) is 1. The first kappa shape index (κ1) is 22.9. The summed E-state index contributed by atoms with van der Waals surface area (Å²) in [6.07, 6.45) is 1.76. The third-order valence-corrected chi connectivity index (χ3v) is 5.09. The second-order valence-corrected chi connectivity index (χ2v) is 7.04. The molecule has 2 amide bonds. The van der Waals surface area contributed by atoms with Crippen molar-refractivity contribution in [1.29, 1.82) is 0 Å². The van der Waals surface area contributed by atoms with Crippen molar-refractivity contribution >= 4 is 23.5 Å². The molecule has 0 aliphatic carbocycles. The van der Waals surface area contributed by atoms with Crippen LogP contribution in [-0.2, 0) is 20.7 Å². The molecule has 0 saturated carbocycles. The zero-order valence-corrected chi connectivity index (χ0v) is 18.3. The predicted molar refractivity (Wildman–Crippen MR) is 117 cm³/mol. The second-order valence-electron chi connectivity index (χ2n) is 7.04. The highest BCUT2D eigenvalue weighted by molar-refractivity contribution is 5.98. The normalized spacial score (nSPS) is 12.4. The number of aryl methyl sites for hydroxylation is 1. The van der Waals surface area contributed by atoms with E-state index in [4.69, 9.17) is 18.9 Å². The number of benzene rings is 2. The molecular formula is C23H26N2O7. The number of ether oxygens (including phenoxy) is 4. The third kappa shape index (κ3) is 5.11. The minimum Gasteiger partial charge on any atom is -0.493 e. The number of rotatable bonds is 8. The molecule has 170 valence electrons. The molecule has 2 aromatic carbocycles. The molecule has 0 aromatic heterocycles. The van der Waals surface area contributed by atoms with E-state index in [2.05, 4.69) is 5.32 Å². The fraction of sp³-hybridized carbons (Fsp3) is 0.348. The van der Waals surface area contributed by atoms with Gasteiger partial charge >= 0.3 is 5.97 Å². The molecule has 0 unspecified atom stereocenters. The van der Waals surface area contributed by atoms with Crippen molar-refractivity contribution in [2.24, 2.45) is 0 Å². The topological polar surface area (TPSA) is 103 Å². The lowest BCUT2D eigenvalue weighted by molar-refractivity contribution is -0.146. The summed E-state index contributed by atoms with van der Waals surface area (Å²) >= 11 is 0. The number of methoxy groups -OCH3 is 3. The molecule has 1 N–H and O–H groups in total. The van der Waals surface area contributed by atoms with Crippen LogP contribution >= 0.6 is 0 Å². The van der Waals surface area contributed by atoms with Crippen LogP contribution in [0.1, 0.15) is 22.3 Å². The molecule has 1 aliphatic heterocycles. The van der Waals surface area contributed by atoms with Gasteiger partial charge in [-0.05, 0) is 36.6 Å². The lowest BCUT2D eigenvalue weighted by Gasteiger charge is -2.29. The summed E-state index contributed by atoms with van der Waals surface area (Å²) in [5.74, 6) is -0.578. The zero-order chi connectivity index (χ0) is 23.1. The van der Waals surface area contributed by atoms with Gasteiger partial charge in [0.2, 0.25) is 5.75 Å². The number of anilines is 1. The Morgan fingerprint density at radius 2 is 1.69 bits per heavy atom. The van der Waals surface area contributed by atoms with Crippen LogP contribution in [0.2, 0.25) is 0 Å². The lowest BCUT2D eigenvalue weighted by atomic mass is 10.0. The van der Waals surface area contributed by atoms with Crippen LogP contribution in [0.3, 0.4) is 0 Å². The van der Waals surface area contributed by atoms with Crippen molar-refractivity contribution in [3.63, 3.8) is 0 Å². The quantitative estimate of drug-likeness (QED) is 0.624. The molecule has 0 spiro atoms. The first-order chi connectivity index (χ1) is 15.5. The number of esters is 1. The number of nitrogens with one attached hydrogen (secondary N) is 1. The van der Waals surface area contributed by atoms with Crippen molar-refractivity contribution in [3.8, 4) is 17.2 Å². The largest absolute Gasteiger partial charge is 0.493 e. The van der Waals surface area contributed by atoms with E-state index in [9.17, 15) is 14.4 Å². The van der Waals surface area contributed by atoms with Gasteiger partial charge < -0.3 is 29.2 Å². The molecule has 1 aliphatic rings. The van der Waals surface area contributed by atoms with Gasteiger partial charge in [-0.25, -0.2) is 0 Å². The molecule has 32 heavy (non-hydrogen) atoms. The Hall–Kier alpha value is -3.75. The molecule has 0 atom stereocenters. The van der Waals surface area contributed by atoms with Gasteiger partial charge in [0.15, 0.2) is 18.1 Å². The molecule has 0 radical (unpaired) electrons. The van der Waals surface area contributed by atoms with Gasteiger partial charge in [0.1, 0.15) is 6.54 Å². The second kappa shape index (κ2) is 10.5. The first-order valence-corrected chi connectivity index (χ1v) is 10.1. The van der Waals surface area contributed by atoms with Gasteiger partial charge in [-0.3, -0.25) is 14.4 Å². The summed E-state index contributed by atoms with van der Waals surface area (Å²) in [5.41, 5.74) is 2.15. The number of hydrogen-bond acceptors (Lipinski definition) is 7. The zero-order valence-electron chi connectivity index (χ0n) is 18.3. The van der Waals surface area contributed by atoms with E-state index in [0.29, 0.717) is 23.8 Å². The van der Waals surface area contributed by atoms with Crippen LogP contribution in [0, 0.1) is 0 Å². The van der Waals surface area contributed by atoms with Gasteiger partial charge in [0.05, 0.1) is 21.3 Å². The predicted octanol–water partition coefficient (Wildman–Crippen LogP) is 1.96. The number of amides is 2. The fourth-order valence-corrected chi connectivity index (χ4v) is 3.53. The molecule has 9 heteroatoms. The molecule has 3 rings (SSSR count). The first-order valence-electron chi connectivity index (χ1n) is 10.1. The molecule has 0 saturated heterocycles. The molecule has 0 fully saturated rings. The van der Waals surface area contributed by atoms with Crippen molar-refractivity contribution < 1.29 is 33.3 Å². The molecular weight excluding hydrogens is 416 g/mol. The van der Waals surface area contributed by atoms with E-state index < -0.39 is 18.5 Å². The molecule has 0 bridgehead atoms. The summed E-state index contributed by atoms with van der Waals surface area (Å²) in [6, 6.07) is 10.6. The van der Waals surface area contributed by atoms with Gasteiger partial charge in [-0.15, -0.1) is 0 Å². The van der Waals surface area contributed by atoms with Crippen molar-refractivity contribution in [3.05, 3.63) is 47.5 Å². The number of carbonyl (C=O) groups excluding carboxylic acids is 3. The van der Waals surface area contributed by atoms with Crippen LogP contribution in [0.15, 0.2) is 36.4 Å². The molecule has 9 nitrogen and oxygen atoms in total. The van der Waals surface area contributed by atoms with Crippen molar-refractivity contribution in [2.75, 3.05) is 45.9 Å². The van der Waals surface area contributed by atoms with E-state index in [-0.39, 0.29) is 18.0 Å². The SMILES string of the molecule is COc1cc(C(=O)NCC(=O)OCC(=O)N2CCCc3ccccc32)cc(OC)c1OC. The maximum absolute atomic E-state index is 12.5. The van der Waals surface area contributed by atoms with Crippen molar-refractivity contribution in [2.45, 2.75) is 12.8 Å². The Kier molecular flexibility index (Phi) is 7.54. The summed E-state index contributed by atoms with van der Waals surface area (Å²) in [5, 5.41) is 2.47. The maximum atomic E-state index is 12.5. The van der Waals surface area contributed by atoms with E-state index in [1.54, 1.807) is 4.90 Å². The Balaban J connectivity index is 1.54. The average Bonchev–Trinajstić information content (AvgIpc) is 2.84. The lowest BCUT2D eigenvalue weighted by Crippen LogP contribution is -2.39. The van der Waals surface area contributed by atoms with E-state index >= 15 is 0 Å².